The van der Waals surface area contributed by atoms with E-state index >= 15 is 0 Å². The van der Waals surface area contributed by atoms with Crippen molar-refractivity contribution in [1.29, 1.82) is 0 Å². The van der Waals surface area contributed by atoms with Crippen molar-refractivity contribution in [3.05, 3.63) is 29.1 Å². The molecule has 1 aromatic rings. The standard InChI is InChI=1S/C15H21FN2O/c1-9-5-4-6-18(11(9)3)15(19)13-8-12(17)7-10(2)14(13)16/h7-9,11H,4-6,17H2,1-3H3. The van der Waals surface area contributed by atoms with Gasteiger partial charge in [-0.1, -0.05) is 6.92 Å². The number of hydrogen-bond acceptors (Lipinski definition) is 2. The van der Waals surface area contributed by atoms with Crippen LogP contribution < -0.4 is 5.73 Å². The second kappa shape index (κ2) is 5.19. The fraction of sp³-hybridized carbons (Fsp3) is 0.533. The summed E-state index contributed by atoms with van der Waals surface area (Å²) in [4.78, 5) is 14.3. The Kier molecular flexibility index (Phi) is 3.78. The number of carbonyl (C=O) groups is 1. The molecule has 1 aliphatic rings. The molecule has 1 heterocycles. The van der Waals surface area contributed by atoms with Crippen LogP contribution in [0.4, 0.5) is 10.1 Å². The lowest BCUT2D eigenvalue weighted by molar-refractivity contribution is 0.0546. The molecule has 1 aromatic carbocycles. The van der Waals surface area contributed by atoms with Gasteiger partial charge in [-0.3, -0.25) is 4.79 Å². The number of nitrogen functional groups attached to an aromatic ring is 1. The summed E-state index contributed by atoms with van der Waals surface area (Å²) in [6.07, 6.45) is 2.09. The summed E-state index contributed by atoms with van der Waals surface area (Å²) in [5.74, 6) is -0.250. The quantitative estimate of drug-likeness (QED) is 0.793. The molecule has 0 saturated carbocycles. The molecule has 2 unspecified atom stereocenters. The van der Waals surface area contributed by atoms with Gasteiger partial charge in [0.25, 0.3) is 5.91 Å². The molecule has 3 nitrogen and oxygen atoms in total. The maximum absolute atomic E-state index is 14.1. The Morgan fingerprint density at radius 2 is 2.11 bits per heavy atom. The number of carbonyl (C=O) groups excluding carboxylic acids is 1. The van der Waals surface area contributed by atoms with Crippen molar-refractivity contribution in [2.24, 2.45) is 5.92 Å². The molecule has 4 heteroatoms. The second-order valence-electron chi connectivity index (χ2n) is 5.56. The Morgan fingerprint density at radius 3 is 2.79 bits per heavy atom. The van der Waals surface area contributed by atoms with Crippen LogP contribution in [0.3, 0.4) is 0 Å². The van der Waals surface area contributed by atoms with Gasteiger partial charge in [-0.05, 0) is 50.3 Å². The van der Waals surface area contributed by atoms with Crippen molar-refractivity contribution in [2.75, 3.05) is 12.3 Å². The van der Waals surface area contributed by atoms with Crippen LogP contribution in [-0.4, -0.2) is 23.4 Å². The summed E-state index contributed by atoms with van der Waals surface area (Å²) >= 11 is 0. The topological polar surface area (TPSA) is 46.3 Å². The lowest BCUT2D eigenvalue weighted by Gasteiger charge is -2.38. The summed E-state index contributed by atoms with van der Waals surface area (Å²) in [5, 5.41) is 0. The molecule has 2 atom stereocenters. The zero-order chi connectivity index (χ0) is 14.2. The zero-order valence-electron chi connectivity index (χ0n) is 11.7. The number of piperidine rings is 1. The fourth-order valence-electron chi connectivity index (χ4n) is 2.73. The van der Waals surface area contributed by atoms with E-state index in [2.05, 4.69) is 6.92 Å². The molecule has 104 valence electrons. The molecule has 19 heavy (non-hydrogen) atoms. The first-order valence-corrected chi connectivity index (χ1v) is 6.78. The van der Waals surface area contributed by atoms with Crippen LogP contribution in [0, 0.1) is 18.7 Å². The summed E-state index contributed by atoms with van der Waals surface area (Å²) in [6.45, 7) is 6.48. The number of benzene rings is 1. The van der Waals surface area contributed by atoms with E-state index in [-0.39, 0.29) is 17.5 Å². The van der Waals surface area contributed by atoms with Crippen LogP contribution >= 0.6 is 0 Å². The Balaban J connectivity index is 2.34. The van der Waals surface area contributed by atoms with E-state index in [9.17, 15) is 9.18 Å². The highest BCUT2D eigenvalue weighted by Gasteiger charge is 2.30. The Morgan fingerprint density at radius 1 is 1.42 bits per heavy atom. The SMILES string of the molecule is Cc1cc(N)cc(C(=O)N2CCCC(C)C2C)c1F. The zero-order valence-corrected chi connectivity index (χ0v) is 11.7. The van der Waals surface area contributed by atoms with Crippen LogP contribution in [0.15, 0.2) is 12.1 Å². The number of nitrogens with two attached hydrogens (primary N) is 1. The van der Waals surface area contributed by atoms with Crippen LogP contribution in [0.2, 0.25) is 0 Å². The molecule has 1 amide bonds. The molecule has 0 radical (unpaired) electrons. The van der Waals surface area contributed by atoms with Crippen LogP contribution in [0.5, 0.6) is 0 Å². The first-order valence-electron chi connectivity index (χ1n) is 6.78. The van der Waals surface area contributed by atoms with Gasteiger partial charge < -0.3 is 10.6 Å². The van der Waals surface area contributed by atoms with Crippen molar-refractivity contribution >= 4 is 11.6 Å². The normalized spacial score (nSPS) is 23.5. The average Bonchev–Trinajstić information content (AvgIpc) is 2.36. The van der Waals surface area contributed by atoms with Gasteiger partial charge in [0.15, 0.2) is 0 Å². The minimum Gasteiger partial charge on any atom is -0.399 e. The van der Waals surface area contributed by atoms with Gasteiger partial charge in [-0.15, -0.1) is 0 Å². The molecule has 0 spiro atoms. The third-order valence-electron chi connectivity index (χ3n) is 4.14. The van der Waals surface area contributed by atoms with Gasteiger partial charge in [-0.25, -0.2) is 4.39 Å². The summed E-state index contributed by atoms with van der Waals surface area (Å²) in [6, 6.07) is 3.13. The van der Waals surface area contributed by atoms with Crippen LogP contribution in [-0.2, 0) is 0 Å². The molecule has 0 bridgehead atoms. The molecule has 2 N–H and O–H groups in total. The minimum atomic E-state index is -0.454. The van der Waals surface area contributed by atoms with Crippen molar-refractivity contribution in [2.45, 2.75) is 39.7 Å². The molecule has 1 aliphatic heterocycles. The van der Waals surface area contributed by atoms with E-state index in [4.69, 9.17) is 5.73 Å². The molecule has 1 saturated heterocycles. The summed E-state index contributed by atoms with van der Waals surface area (Å²) in [7, 11) is 0. The highest BCUT2D eigenvalue weighted by molar-refractivity contribution is 5.96. The predicted molar refractivity (Wildman–Crippen MR) is 74.4 cm³/mol. The molecule has 0 aromatic heterocycles. The third-order valence-corrected chi connectivity index (χ3v) is 4.14. The van der Waals surface area contributed by atoms with Crippen molar-refractivity contribution in [3.8, 4) is 0 Å². The van der Waals surface area contributed by atoms with E-state index in [1.807, 2.05) is 6.92 Å². The lowest BCUT2D eigenvalue weighted by atomic mass is 9.91. The predicted octanol–water partition coefficient (Wildman–Crippen LogP) is 2.98. The minimum absolute atomic E-state index is 0.0958. The van der Waals surface area contributed by atoms with E-state index in [0.717, 1.165) is 12.8 Å². The first-order chi connectivity index (χ1) is 8.91. The average molecular weight is 264 g/mol. The molecular weight excluding hydrogens is 243 g/mol. The molecule has 0 aliphatic carbocycles. The molecule has 1 fully saturated rings. The highest BCUT2D eigenvalue weighted by Crippen LogP contribution is 2.26. The van der Waals surface area contributed by atoms with E-state index in [1.54, 1.807) is 17.9 Å². The lowest BCUT2D eigenvalue weighted by Crippen LogP contribution is -2.46. The maximum Gasteiger partial charge on any atom is 0.257 e. The third kappa shape index (κ3) is 2.57. The smallest absolute Gasteiger partial charge is 0.257 e. The van der Waals surface area contributed by atoms with E-state index in [1.165, 1.54) is 6.07 Å². The van der Waals surface area contributed by atoms with E-state index < -0.39 is 5.82 Å². The summed E-state index contributed by atoms with van der Waals surface area (Å²) in [5.41, 5.74) is 6.66. The number of amides is 1. The van der Waals surface area contributed by atoms with Gasteiger partial charge >= 0.3 is 0 Å². The van der Waals surface area contributed by atoms with Crippen molar-refractivity contribution in [3.63, 3.8) is 0 Å². The monoisotopic (exact) mass is 264 g/mol. The van der Waals surface area contributed by atoms with Gasteiger partial charge in [-0.2, -0.15) is 0 Å². The van der Waals surface area contributed by atoms with Crippen molar-refractivity contribution in [1.82, 2.24) is 4.90 Å². The Bertz CT molecular complexity index is 501. The van der Waals surface area contributed by atoms with Crippen LogP contribution in [0.25, 0.3) is 0 Å². The maximum atomic E-state index is 14.1. The number of nitrogens with zero attached hydrogens (tertiary/aromatic N) is 1. The second-order valence-corrected chi connectivity index (χ2v) is 5.56. The molecular formula is C15H21FN2O. The van der Waals surface area contributed by atoms with E-state index in [0.29, 0.717) is 23.7 Å². The van der Waals surface area contributed by atoms with Crippen molar-refractivity contribution < 1.29 is 9.18 Å². The number of likely N-dealkylation sites (tertiary alicyclic amines) is 1. The van der Waals surface area contributed by atoms with Gasteiger partial charge in [0, 0.05) is 18.3 Å². The Hall–Kier alpha value is -1.58. The highest BCUT2D eigenvalue weighted by atomic mass is 19.1. The van der Waals surface area contributed by atoms with Gasteiger partial charge in [0.2, 0.25) is 0 Å². The molecule has 2 rings (SSSR count). The summed E-state index contributed by atoms with van der Waals surface area (Å²) < 4.78 is 14.1. The van der Waals surface area contributed by atoms with Crippen LogP contribution in [0.1, 0.15) is 42.6 Å². The number of anilines is 1. The van der Waals surface area contributed by atoms with Gasteiger partial charge in [0.05, 0.1) is 5.56 Å². The number of aryl methyl sites for hydroxylation is 1. The first kappa shape index (κ1) is 13.8. The largest absolute Gasteiger partial charge is 0.399 e. The van der Waals surface area contributed by atoms with Gasteiger partial charge in [0.1, 0.15) is 5.82 Å². The Labute approximate surface area is 113 Å². The number of hydrogen-bond donors (Lipinski definition) is 1. The number of rotatable bonds is 1. The fourth-order valence-corrected chi connectivity index (χ4v) is 2.73. The number of halogens is 1.